The number of nitrogens with one attached hydrogen (secondary N) is 1. The molecule has 1 heterocycles. The third-order valence-corrected chi connectivity index (χ3v) is 4.44. The minimum absolute atomic E-state index is 0.264. The number of para-hydroxylation sites is 1. The van der Waals surface area contributed by atoms with Gasteiger partial charge in [0.15, 0.2) is 0 Å². The summed E-state index contributed by atoms with van der Waals surface area (Å²) in [5, 5.41) is 1.17. The van der Waals surface area contributed by atoms with Gasteiger partial charge in [-0.1, -0.05) is 42.0 Å². The number of benzene rings is 2. The zero-order valence-corrected chi connectivity index (χ0v) is 16.2. The zero-order valence-electron chi connectivity index (χ0n) is 14.6. The average Bonchev–Trinajstić information content (AvgIpc) is 2.60. The Bertz CT molecular complexity index is 1040. The van der Waals surface area contributed by atoms with Crippen LogP contribution in [0.2, 0.25) is 5.02 Å². The lowest BCUT2D eigenvalue weighted by atomic mass is 9.97. The van der Waals surface area contributed by atoms with Crippen molar-refractivity contribution in [3.63, 3.8) is 0 Å². The van der Waals surface area contributed by atoms with Crippen molar-refractivity contribution in [2.75, 3.05) is 7.11 Å². The van der Waals surface area contributed by atoms with E-state index in [0.29, 0.717) is 43.0 Å². The highest BCUT2D eigenvalue weighted by Gasteiger charge is 2.23. The number of aromatic amines is 1. The minimum Gasteiger partial charge on any atom is -0.496 e. The summed E-state index contributed by atoms with van der Waals surface area (Å²) in [7, 11) is 1.58. The summed E-state index contributed by atoms with van der Waals surface area (Å²) in [4.78, 5) is 16.1. The Morgan fingerprint density at radius 2 is 1.92 bits per heavy atom. The molecule has 0 radical (unpaired) electrons. The fraction of sp³-hybridized carbons (Fsp3) is 0.200. The number of hydrogen-bond acceptors (Lipinski definition) is 4. The lowest BCUT2D eigenvalue weighted by Crippen LogP contribution is -2.14. The van der Waals surface area contributed by atoms with Gasteiger partial charge < -0.3 is 14.5 Å². The molecule has 1 aromatic heterocycles. The molecule has 0 unspecified atom stereocenters. The monoisotopic (exact) mass is 387 g/mol. The van der Waals surface area contributed by atoms with Crippen molar-refractivity contribution >= 4 is 40.7 Å². The van der Waals surface area contributed by atoms with E-state index in [0.717, 1.165) is 0 Å². The van der Waals surface area contributed by atoms with Gasteiger partial charge in [0.1, 0.15) is 10.4 Å². The summed E-state index contributed by atoms with van der Waals surface area (Å²) in [5.41, 5.74) is 2.38. The molecule has 0 saturated heterocycles. The van der Waals surface area contributed by atoms with Crippen LogP contribution in [-0.4, -0.2) is 24.2 Å². The highest BCUT2D eigenvalue weighted by molar-refractivity contribution is 7.71. The lowest BCUT2D eigenvalue weighted by Gasteiger charge is -2.16. The largest absolute Gasteiger partial charge is 0.496 e. The van der Waals surface area contributed by atoms with Crippen LogP contribution >= 0.6 is 23.8 Å². The van der Waals surface area contributed by atoms with Crippen LogP contribution in [0.25, 0.3) is 22.0 Å². The first-order valence-corrected chi connectivity index (χ1v) is 8.91. The number of rotatable bonds is 4. The molecule has 3 aromatic rings. The molecule has 0 aliphatic carbocycles. The van der Waals surface area contributed by atoms with Gasteiger partial charge in [0, 0.05) is 27.1 Å². The number of hydrogen-bond donors (Lipinski definition) is 1. The fourth-order valence-corrected chi connectivity index (χ4v) is 3.35. The Morgan fingerprint density at radius 3 is 2.62 bits per heavy atom. The number of pyridine rings is 1. The van der Waals surface area contributed by atoms with E-state index in [1.54, 1.807) is 39.2 Å². The second-order valence-corrected chi connectivity index (χ2v) is 6.89. The molecule has 26 heavy (non-hydrogen) atoms. The Morgan fingerprint density at radius 1 is 1.19 bits per heavy atom. The van der Waals surface area contributed by atoms with Crippen LogP contribution < -0.4 is 4.74 Å². The number of esters is 1. The first-order valence-electron chi connectivity index (χ1n) is 8.12. The van der Waals surface area contributed by atoms with Crippen LogP contribution in [-0.2, 0) is 4.74 Å². The molecule has 0 fully saturated rings. The molecular formula is C20H18ClNO3S. The van der Waals surface area contributed by atoms with E-state index in [1.807, 2.05) is 24.3 Å². The second kappa shape index (κ2) is 7.48. The number of methoxy groups -OCH3 is 1. The topological polar surface area (TPSA) is 51.3 Å². The molecular weight excluding hydrogens is 370 g/mol. The standard InChI is InChI=1S/C20H18ClNO3S/c1-11(2)25-20(23)18-14-10-12(21)8-9-15(14)22-19(26)17(18)13-6-4-5-7-16(13)24-3/h4-11H,1-3H3,(H,22,26). The molecule has 0 atom stereocenters. The smallest absolute Gasteiger partial charge is 0.339 e. The number of fused-ring (bicyclic) bond motifs is 1. The number of H-pyrrole nitrogens is 1. The summed E-state index contributed by atoms with van der Waals surface area (Å²) < 4.78 is 11.4. The molecule has 1 N–H and O–H groups in total. The van der Waals surface area contributed by atoms with Gasteiger partial charge in [-0.25, -0.2) is 4.79 Å². The predicted molar refractivity (Wildman–Crippen MR) is 107 cm³/mol. The van der Waals surface area contributed by atoms with E-state index in [4.69, 9.17) is 33.3 Å². The highest BCUT2D eigenvalue weighted by atomic mass is 35.5. The molecule has 134 valence electrons. The lowest BCUT2D eigenvalue weighted by molar-refractivity contribution is 0.0381. The Kier molecular flexibility index (Phi) is 5.30. The zero-order chi connectivity index (χ0) is 18.8. The Balaban J connectivity index is 2.43. The van der Waals surface area contributed by atoms with Crippen LogP contribution in [0, 0.1) is 4.64 Å². The van der Waals surface area contributed by atoms with Crippen molar-refractivity contribution in [2.24, 2.45) is 0 Å². The molecule has 2 aromatic carbocycles. The van der Waals surface area contributed by atoms with Gasteiger partial charge >= 0.3 is 5.97 Å². The minimum atomic E-state index is -0.451. The molecule has 0 spiro atoms. The average molecular weight is 388 g/mol. The maximum Gasteiger partial charge on any atom is 0.339 e. The molecule has 0 aliphatic heterocycles. The Hall–Kier alpha value is -2.37. The molecule has 0 aliphatic rings. The maximum absolute atomic E-state index is 13.0. The number of carbonyl (C=O) groups excluding carboxylic acids is 1. The molecule has 0 bridgehead atoms. The SMILES string of the molecule is COc1ccccc1-c1c(C(=O)OC(C)C)c2cc(Cl)ccc2[nH]c1=S. The van der Waals surface area contributed by atoms with Gasteiger partial charge in [-0.15, -0.1) is 0 Å². The van der Waals surface area contributed by atoms with Gasteiger partial charge in [-0.05, 0) is 38.1 Å². The highest BCUT2D eigenvalue weighted by Crippen LogP contribution is 2.37. The molecule has 4 nitrogen and oxygen atoms in total. The van der Waals surface area contributed by atoms with E-state index in [-0.39, 0.29) is 6.10 Å². The Labute approximate surface area is 161 Å². The molecule has 0 saturated carbocycles. The first kappa shape index (κ1) is 18.4. The van der Waals surface area contributed by atoms with Crippen molar-refractivity contribution in [2.45, 2.75) is 20.0 Å². The van der Waals surface area contributed by atoms with Crippen molar-refractivity contribution in [3.8, 4) is 16.9 Å². The number of halogens is 1. The number of carbonyl (C=O) groups is 1. The number of ether oxygens (including phenoxy) is 2. The van der Waals surface area contributed by atoms with E-state index in [2.05, 4.69) is 4.98 Å². The van der Waals surface area contributed by atoms with Gasteiger partial charge in [0.05, 0.1) is 18.8 Å². The summed E-state index contributed by atoms with van der Waals surface area (Å²) in [6.07, 6.45) is -0.264. The van der Waals surface area contributed by atoms with Crippen LogP contribution in [0.1, 0.15) is 24.2 Å². The van der Waals surface area contributed by atoms with Crippen molar-refractivity contribution in [3.05, 3.63) is 57.7 Å². The summed E-state index contributed by atoms with van der Waals surface area (Å²) in [6.45, 7) is 3.61. The van der Waals surface area contributed by atoms with E-state index < -0.39 is 5.97 Å². The van der Waals surface area contributed by atoms with Crippen LogP contribution in [0.15, 0.2) is 42.5 Å². The fourth-order valence-electron chi connectivity index (χ4n) is 2.86. The summed E-state index contributed by atoms with van der Waals surface area (Å²) >= 11 is 11.8. The third kappa shape index (κ3) is 3.45. The summed E-state index contributed by atoms with van der Waals surface area (Å²) in [5.74, 6) is 0.167. The van der Waals surface area contributed by atoms with Crippen LogP contribution in [0.3, 0.4) is 0 Å². The van der Waals surface area contributed by atoms with E-state index >= 15 is 0 Å². The maximum atomic E-state index is 13.0. The second-order valence-electron chi connectivity index (χ2n) is 6.05. The van der Waals surface area contributed by atoms with Gasteiger partial charge in [0.25, 0.3) is 0 Å². The molecule has 3 rings (SSSR count). The molecule has 6 heteroatoms. The van der Waals surface area contributed by atoms with Crippen molar-refractivity contribution < 1.29 is 14.3 Å². The predicted octanol–water partition coefficient (Wildman–Crippen LogP) is 5.79. The quantitative estimate of drug-likeness (QED) is 0.454. The van der Waals surface area contributed by atoms with Crippen LogP contribution in [0.4, 0.5) is 0 Å². The summed E-state index contributed by atoms with van der Waals surface area (Å²) in [6, 6.07) is 12.7. The normalized spacial score (nSPS) is 11.0. The first-order chi connectivity index (χ1) is 12.4. The van der Waals surface area contributed by atoms with Gasteiger partial charge in [-0.3, -0.25) is 0 Å². The van der Waals surface area contributed by atoms with Crippen molar-refractivity contribution in [1.82, 2.24) is 4.98 Å². The molecule has 0 amide bonds. The number of aromatic nitrogens is 1. The third-order valence-electron chi connectivity index (χ3n) is 3.90. The van der Waals surface area contributed by atoms with Gasteiger partial charge in [-0.2, -0.15) is 0 Å². The van der Waals surface area contributed by atoms with Crippen molar-refractivity contribution in [1.29, 1.82) is 0 Å². The van der Waals surface area contributed by atoms with E-state index in [1.165, 1.54) is 0 Å². The van der Waals surface area contributed by atoms with Gasteiger partial charge in [0.2, 0.25) is 0 Å². The van der Waals surface area contributed by atoms with E-state index in [9.17, 15) is 4.79 Å². The van der Waals surface area contributed by atoms with Crippen LogP contribution in [0.5, 0.6) is 5.75 Å².